The lowest BCUT2D eigenvalue weighted by atomic mass is 10.1. The summed E-state index contributed by atoms with van der Waals surface area (Å²) in [5.41, 5.74) is 3.07. The molecule has 1 aromatic rings. The Kier molecular flexibility index (Phi) is 3.18. The Morgan fingerprint density at radius 2 is 1.80 bits per heavy atom. The lowest BCUT2D eigenvalue weighted by Gasteiger charge is -2.21. The summed E-state index contributed by atoms with van der Waals surface area (Å²) in [6.07, 6.45) is 0. The summed E-state index contributed by atoms with van der Waals surface area (Å²) in [5, 5.41) is 9.25. The normalized spacial score (nSPS) is 11.1. The standard InChI is InChI=1S/C17H18N2O/c1-3-19(4-2)15-8-6-13-9-12-5-7-14(18)10-16(12)20-17(13)11-15/h5-11,18H,3-4H2,1-2H3. The molecule has 1 aliphatic heterocycles. The summed E-state index contributed by atoms with van der Waals surface area (Å²) >= 11 is 0. The third-order valence-electron chi connectivity index (χ3n) is 3.67. The van der Waals surface area contributed by atoms with Gasteiger partial charge in [-0.1, -0.05) is 0 Å². The third-order valence-corrected chi connectivity index (χ3v) is 3.67. The van der Waals surface area contributed by atoms with Crippen molar-refractivity contribution in [3.05, 3.63) is 47.8 Å². The van der Waals surface area contributed by atoms with Gasteiger partial charge in [0.15, 0.2) is 0 Å². The van der Waals surface area contributed by atoms with E-state index < -0.39 is 0 Å². The molecular formula is C17H18N2O. The second kappa shape index (κ2) is 5.00. The summed E-state index contributed by atoms with van der Waals surface area (Å²) in [6, 6.07) is 13.9. The first-order chi connectivity index (χ1) is 9.71. The zero-order valence-electron chi connectivity index (χ0n) is 11.8. The summed E-state index contributed by atoms with van der Waals surface area (Å²) in [5.74, 6) is 0.765. The number of anilines is 1. The van der Waals surface area contributed by atoms with Gasteiger partial charge >= 0.3 is 0 Å². The van der Waals surface area contributed by atoms with Crippen LogP contribution in [0.5, 0.6) is 0 Å². The molecule has 20 heavy (non-hydrogen) atoms. The molecule has 0 fully saturated rings. The fourth-order valence-corrected chi connectivity index (χ4v) is 2.54. The first kappa shape index (κ1) is 12.7. The number of benzene rings is 2. The molecule has 102 valence electrons. The third kappa shape index (κ3) is 2.16. The molecule has 0 radical (unpaired) electrons. The van der Waals surface area contributed by atoms with Gasteiger partial charge in [0.25, 0.3) is 0 Å². The van der Waals surface area contributed by atoms with Crippen LogP contribution in [0.1, 0.15) is 13.8 Å². The first-order valence-corrected chi connectivity index (χ1v) is 6.98. The van der Waals surface area contributed by atoms with E-state index in [2.05, 4.69) is 43.0 Å². The molecule has 1 heterocycles. The van der Waals surface area contributed by atoms with Gasteiger partial charge < -0.3 is 14.7 Å². The van der Waals surface area contributed by atoms with Gasteiger partial charge in [0.2, 0.25) is 0 Å². The van der Waals surface area contributed by atoms with Crippen LogP contribution in [-0.4, -0.2) is 13.1 Å². The summed E-state index contributed by atoms with van der Waals surface area (Å²) in [6.45, 7) is 6.26. The van der Waals surface area contributed by atoms with Gasteiger partial charge in [-0.3, -0.25) is 0 Å². The van der Waals surface area contributed by atoms with E-state index in [9.17, 15) is 0 Å². The lowest BCUT2D eigenvalue weighted by Crippen LogP contribution is -2.21. The minimum atomic E-state index is 0.473. The maximum atomic E-state index is 7.69. The number of nitrogens with zero attached hydrogens (tertiary/aromatic N) is 1. The van der Waals surface area contributed by atoms with E-state index in [0.29, 0.717) is 5.36 Å². The smallest absolute Gasteiger partial charge is 0.136 e. The Morgan fingerprint density at radius 3 is 2.55 bits per heavy atom. The Balaban J connectivity index is 2.21. The van der Waals surface area contributed by atoms with Crippen LogP contribution < -0.4 is 10.3 Å². The van der Waals surface area contributed by atoms with Crippen molar-refractivity contribution in [2.45, 2.75) is 13.8 Å². The van der Waals surface area contributed by atoms with E-state index in [1.807, 2.05) is 6.07 Å². The average Bonchev–Trinajstić information content (AvgIpc) is 2.46. The minimum absolute atomic E-state index is 0.473. The second-order valence-electron chi connectivity index (χ2n) is 4.89. The molecule has 0 saturated carbocycles. The fourth-order valence-electron chi connectivity index (χ4n) is 2.54. The van der Waals surface area contributed by atoms with Crippen molar-refractivity contribution < 1.29 is 4.42 Å². The van der Waals surface area contributed by atoms with Gasteiger partial charge in [0.1, 0.15) is 11.3 Å². The van der Waals surface area contributed by atoms with Crippen LogP contribution in [0.15, 0.2) is 46.9 Å². The largest absolute Gasteiger partial charge is 0.456 e. The van der Waals surface area contributed by atoms with Crippen molar-refractivity contribution in [2.24, 2.45) is 0 Å². The molecule has 0 unspecified atom stereocenters. The highest BCUT2D eigenvalue weighted by Crippen LogP contribution is 2.29. The van der Waals surface area contributed by atoms with Gasteiger partial charge in [-0.05, 0) is 44.2 Å². The summed E-state index contributed by atoms with van der Waals surface area (Å²) < 4.78 is 5.96. The lowest BCUT2D eigenvalue weighted by molar-refractivity contribution is 0.618. The molecular weight excluding hydrogens is 248 g/mol. The highest BCUT2D eigenvalue weighted by atomic mass is 16.3. The Labute approximate surface area is 118 Å². The van der Waals surface area contributed by atoms with Crippen LogP contribution in [-0.2, 0) is 0 Å². The van der Waals surface area contributed by atoms with Crippen LogP contribution in [0.4, 0.5) is 5.69 Å². The van der Waals surface area contributed by atoms with Crippen molar-refractivity contribution >= 4 is 16.7 Å². The van der Waals surface area contributed by atoms with E-state index in [1.165, 1.54) is 5.69 Å². The predicted octanol–water partition coefficient (Wildman–Crippen LogP) is 3.86. The number of rotatable bonds is 3. The zero-order valence-corrected chi connectivity index (χ0v) is 11.8. The van der Waals surface area contributed by atoms with Crippen LogP contribution in [0.25, 0.3) is 22.3 Å². The Morgan fingerprint density at radius 1 is 1.00 bits per heavy atom. The van der Waals surface area contributed by atoms with Gasteiger partial charge in [-0.25, -0.2) is 0 Å². The van der Waals surface area contributed by atoms with Gasteiger partial charge in [0.05, 0.1) is 5.36 Å². The topological polar surface area (TPSA) is 40.2 Å². The number of fused-ring (bicyclic) bond motifs is 2. The van der Waals surface area contributed by atoms with Gasteiger partial charge in [0, 0.05) is 41.9 Å². The van der Waals surface area contributed by atoms with Crippen molar-refractivity contribution in [3.63, 3.8) is 0 Å². The number of hydrogen-bond acceptors (Lipinski definition) is 3. The SMILES string of the molecule is CCN(CC)c1ccc2cc3ccc(=N)cc-3oc2c1. The molecule has 0 saturated heterocycles. The molecule has 0 aromatic heterocycles. The fraction of sp³-hybridized carbons (Fsp3) is 0.235. The summed E-state index contributed by atoms with van der Waals surface area (Å²) in [7, 11) is 0. The van der Waals surface area contributed by atoms with Crippen LogP contribution >= 0.6 is 0 Å². The minimum Gasteiger partial charge on any atom is -0.456 e. The molecule has 3 rings (SSSR count). The molecule has 1 aromatic carbocycles. The maximum absolute atomic E-state index is 7.69. The first-order valence-electron chi connectivity index (χ1n) is 6.98. The van der Waals surface area contributed by atoms with Crippen molar-refractivity contribution in [1.29, 1.82) is 5.41 Å². The van der Waals surface area contributed by atoms with E-state index >= 15 is 0 Å². The van der Waals surface area contributed by atoms with E-state index in [4.69, 9.17) is 9.83 Å². The van der Waals surface area contributed by atoms with Crippen LogP contribution in [0, 0.1) is 5.41 Å². The highest BCUT2D eigenvalue weighted by molar-refractivity contribution is 5.85. The zero-order chi connectivity index (χ0) is 14.1. The number of nitrogens with one attached hydrogen (secondary N) is 1. The van der Waals surface area contributed by atoms with Crippen molar-refractivity contribution in [1.82, 2.24) is 0 Å². The summed E-state index contributed by atoms with van der Waals surface area (Å²) in [4.78, 5) is 2.29. The molecule has 3 heteroatoms. The predicted molar refractivity (Wildman–Crippen MR) is 82.3 cm³/mol. The molecule has 1 N–H and O–H groups in total. The van der Waals surface area contributed by atoms with E-state index in [-0.39, 0.29) is 0 Å². The van der Waals surface area contributed by atoms with Crippen LogP contribution in [0.2, 0.25) is 0 Å². The van der Waals surface area contributed by atoms with E-state index in [0.717, 1.165) is 35.4 Å². The molecule has 0 amide bonds. The monoisotopic (exact) mass is 266 g/mol. The van der Waals surface area contributed by atoms with Crippen molar-refractivity contribution in [3.8, 4) is 11.3 Å². The molecule has 0 spiro atoms. The molecule has 2 aliphatic rings. The average molecular weight is 266 g/mol. The van der Waals surface area contributed by atoms with Gasteiger partial charge in [-0.2, -0.15) is 0 Å². The van der Waals surface area contributed by atoms with Crippen LogP contribution in [0.3, 0.4) is 0 Å². The van der Waals surface area contributed by atoms with E-state index in [1.54, 1.807) is 12.1 Å². The molecule has 0 atom stereocenters. The molecule has 3 nitrogen and oxygen atoms in total. The van der Waals surface area contributed by atoms with Crippen molar-refractivity contribution in [2.75, 3.05) is 18.0 Å². The Hall–Kier alpha value is -2.29. The molecule has 1 aliphatic carbocycles. The highest BCUT2D eigenvalue weighted by Gasteiger charge is 2.09. The Bertz CT molecular complexity index is 771. The molecule has 0 bridgehead atoms. The maximum Gasteiger partial charge on any atom is 0.136 e. The van der Waals surface area contributed by atoms with Gasteiger partial charge in [-0.15, -0.1) is 0 Å². The second-order valence-corrected chi connectivity index (χ2v) is 4.89. The quantitative estimate of drug-likeness (QED) is 0.731. The number of hydrogen-bond donors (Lipinski definition) is 1.